The van der Waals surface area contributed by atoms with Gasteiger partial charge in [-0.3, -0.25) is 4.57 Å². The highest BCUT2D eigenvalue weighted by Crippen LogP contribution is 2.34. The van der Waals surface area contributed by atoms with E-state index < -0.39 is 30.4 Å². The van der Waals surface area contributed by atoms with Crippen LogP contribution in [0.1, 0.15) is 33.4 Å². The van der Waals surface area contributed by atoms with Gasteiger partial charge in [-0.2, -0.15) is 4.98 Å². The average Bonchev–Trinajstić information content (AvgIpc) is 3.55. The van der Waals surface area contributed by atoms with Crippen molar-refractivity contribution in [1.29, 1.82) is 0 Å². The van der Waals surface area contributed by atoms with Crippen molar-refractivity contribution in [3.05, 3.63) is 76.4 Å². The van der Waals surface area contributed by atoms with Gasteiger partial charge in [0.25, 0.3) is 0 Å². The zero-order valence-electron chi connectivity index (χ0n) is 20.7. The largest absolute Gasteiger partial charge is 0.497 e. The molecular weight excluding hydrogens is 551 g/mol. The number of benzene rings is 2. The molecule has 0 N–H and O–H groups in total. The lowest BCUT2D eigenvalue weighted by Crippen LogP contribution is -2.32. The molecule has 3 heterocycles. The van der Waals surface area contributed by atoms with E-state index in [1.54, 1.807) is 53.1 Å². The Hall–Kier alpha value is -3.93. The third kappa shape index (κ3) is 5.75. The number of imidazole rings is 1. The third-order valence-corrected chi connectivity index (χ3v) is 6.56. The predicted molar refractivity (Wildman–Crippen MR) is 139 cm³/mol. The lowest BCUT2D eigenvalue weighted by atomic mass is 10.1. The lowest BCUT2D eigenvalue weighted by Gasteiger charge is -2.19. The highest BCUT2D eigenvalue weighted by molar-refractivity contribution is 6.35. The number of hydrogen-bond acceptors (Lipinski definition) is 10. The Bertz CT molecular complexity index is 1490. The first-order chi connectivity index (χ1) is 18.9. The number of fused-ring (bicyclic) bond motifs is 1. The molecular formula is C26H22Cl2N4O7. The van der Waals surface area contributed by atoms with E-state index in [9.17, 15) is 9.59 Å². The Morgan fingerprint density at radius 2 is 1.56 bits per heavy atom. The number of nitrogens with zero attached hydrogens (tertiary/aromatic N) is 4. The van der Waals surface area contributed by atoms with Crippen molar-refractivity contribution in [1.82, 2.24) is 19.5 Å². The van der Waals surface area contributed by atoms with Crippen LogP contribution in [0.5, 0.6) is 11.5 Å². The smallest absolute Gasteiger partial charge is 0.338 e. The van der Waals surface area contributed by atoms with E-state index >= 15 is 0 Å². The molecule has 0 radical (unpaired) electrons. The highest BCUT2D eigenvalue weighted by atomic mass is 35.5. The molecule has 5 rings (SSSR count). The van der Waals surface area contributed by atoms with Gasteiger partial charge in [-0.15, -0.1) is 0 Å². The standard InChI is InChI=1S/C26H22Cl2N4O7/c1-35-16-7-3-14(4-8-16)24(33)37-12-19-18(39-25(34)15-5-9-17(36-2)10-6-15)11-20(38-19)32-13-29-21-22(27)30-26(28)31-23(21)32/h3-10,13,18-20H,11-12H2,1-2H3/t18-,19+,20+/m0/s1. The summed E-state index contributed by atoms with van der Waals surface area (Å²) in [5.74, 6) is 0.0765. The summed E-state index contributed by atoms with van der Waals surface area (Å²) in [6.07, 6.45) is -0.518. The Kier molecular flexibility index (Phi) is 7.82. The van der Waals surface area contributed by atoms with Crippen LogP contribution in [0.4, 0.5) is 0 Å². The van der Waals surface area contributed by atoms with Crippen LogP contribution in [-0.2, 0) is 14.2 Å². The van der Waals surface area contributed by atoms with E-state index in [1.165, 1.54) is 20.5 Å². The van der Waals surface area contributed by atoms with E-state index in [-0.39, 0.29) is 23.5 Å². The molecule has 1 aliphatic heterocycles. The Labute approximate surface area is 232 Å². The van der Waals surface area contributed by atoms with E-state index in [0.29, 0.717) is 33.8 Å². The van der Waals surface area contributed by atoms with Crippen LogP contribution in [0.15, 0.2) is 54.9 Å². The summed E-state index contributed by atoms with van der Waals surface area (Å²) in [6, 6.07) is 13.0. The minimum absolute atomic E-state index is 0.0558. The number of hydrogen-bond donors (Lipinski definition) is 0. The highest BCUT2D eigenvalue weighted by Gasteiger charge is 2.41. The predicted octanol–water partition coefficient (Wildman–Crippen LogP) is 4.52. The molecule has 0 aliphatic carbocycles. The quantitative estimate of drug-likeness (QED) is 0.169. The molecule has 13 heteroatoms. The molecule has 3 atom stereocenters. The molecule has 1 saturated heterocycles. The number of rotatable bonds is 8. The van der Waals surface area contributed by atoms with Gasteiger partial charge in [-0.05, 0) is 60.1 Å². The Morgan fingerprint density at radius 3 is 2.18 bits per heavy atom. The molecule has 1 aliphatic rings. The van der Waals surface area contributed by atoms with Gasteiger partial charge in [-0.25, -0.2) is 19.6 Å². The summed E-state index contributed by atoms with van der Waals surface area (Å²) >= 11 is 12.2. The van der Waals surface area contributed by atoms with Gasteiger partial charge in [0.2, 0.25) is 5.28 Å². The summed E-state index contributed by atoms with van der Waals surface area (Å²) in [5, 5.41) is 0.0360. The number of carbonyl (C=O) groups excluding carboxylic acids is 2. The summed E-state index contributed by atoms with van der Waals surface area (Å²) in [4.78, 5) is 38.0. The average molecular weight is 573 g/mol. The molecule has 4 aromatic rings. The maximum atomic E-state index is 12.9. The minimum Gasteiger partial charge on any atom is -0.497 e. The van der Waals surface area contributed by atoms with Gasteiger partial charge < -0.3 is 23.7 Å². The van der Waals surface area contributed by atoms with Crippen LogP contribution < -0.4 is 9.47 Å². The maximum absolute atomic E-state index is 12.9. The zero-order valence-corrected chi connectivity index (χ0v) is 22.3. The van der Waals surface area contributed by atoms with Crippen molar-refractivity contribution in [2.75, 3.05) is 20.8 Å². The lowest BCUT2D eigenvalue weighted by molar-refractivity contribution is -0.0563. The van der Waals surface area contributed by atoms with Gasteiger partial charge in [0.1, 0.15) is 42.1 Å². The topological polar surface area (TPSA) is 124 Å². The number of halogens is 2. The number of esters is 2. The van der Waals surface area contributed by atoms with Crippen molar-refractivity contribution in [3.8, 4) is 11.5 Å². The number of aromatic nitrogens is 4. The fourth-order valence-corrected chi connectivity index (χ4v) is 4.54. The zero-order chi connectivity index (χ0) is 27.5. The fraction of sp³-hybridized carbons (Fsp3) is 0.269. The number of methoxy groups -OCH3 is 2. The SMILES string of the molecule is COc1ccc(C(=O)OC[C@H]2O[C@@H](n3cnc4c(Cl)nc(Cl)nc43)C[C@@H]2OC(=O)c2ccc(OC)cc2)cc1. The molecule has 2 aromatic heterocycles. The number of ether oxygens (including phenoxy) is 5. The first kappa shape index (κ1) is 26.7. The van der Waals surface area contributed by atoms with Crippen molar-refractivity contribution in [2.24, 2.45) is 0 Å². The second-order valence-corrected chi connectivity index (χ2v) is 9.17. The van der Waals surface area contributed by atoms with Crippen LogP contribution >= 0.6 is 23.2 Å². The van der Waals surface area contributed by atoms with E-state index in [4.69, 9.17) is 46.9 Å². The van der Waals surface area contributed by atoms with E-state index in [1.807, 2.05) is 0 Å². The third-order valence-electron chi connectivity index (χ3n) is 6.13. The Morgan fingerprint density at radius 1 is 0.949 bits per heavy atom. The van der Waals surface area contributed by atoms with E-state index in [2.05, 4.69) is 15.0 Å². The fourth-order valence-electron chi connectivity index (χ4n) is 4.11. The molecule has 202 valence electrons. The van der Waals surface area contributed by atoms with Crippen LogP contribution in [0, 0.1) is 0 Å². The molecule has 39 heavy (non-hydrogen) atoms. The first-order valence-electron chi connectivity index (χ1n) is 11.7. The first-order valence-corrected chi connectivity index (χ1v) is 12.5. The summed E-state index contributed by atoms with van der Waals surface area (Å²) in [7, 11) is 3.07. The minimum atomic E-state index is -0.787. The summed E-state index contributed by atoms with van der Waals surface area (Å²) in [5.41, 5.74) is 1.35. The molecule has 0 spiro atoms. The van der Waals surface area contributed by atoms with Crippen molar-refractivity contribution in [2.45, 2.75) is 24.9 Å². The number of carbonyl (C=O) groups is 2. The van der Waals surface area contributed by atoms with Crippen molar-refractivity contribution < 1.29 is 33.3 Å². The van der Waals surface area contributed by atoms with Gasteiger partial charge in [0.05, 0.1) is 31.7 Å². The maximum Gasteiger partial charge on any atom is 0.338 e. The van der Waals surface area contributed by atoms with Crippen LogP contribution in [0.2, 0.25) is 10.4 Å². The molecule has 1 fully saturated rings. The summed E-state index contributed by atoms with van der Waals surface area (Å²) in [6.45, 7) is -0.176. The second kappa shape index (κ2) is 11.4. The molecule has 2 aromatic carbocycles. The molecule has 0 bridgehead atoms. The van der Waals surface area contributed by atoms with Gasteiger partial charge in [0.15, 0.2) is 10.8 Å². The van der Waals surface area contributed by atoms with Crippen molar-refractivity contribution in [3.63, 3.8) is 0 Å². The molecule has 0 unspecified atom stereocenters. The second-order valence-electron chi connectivity index (χ2n) is 8.47. The van der Waals surface area contributed by atoms with E-state index in [0.717, 1.165) is 0 Å². The van der Waals surface area contributed by atoms with Gasteiger partial charge in [0, 0.05) is 6.42 Å². The molecule has 11 nitrogen and oxygen atoms in total. The normalized spacial score (nSPS) is 18.6. The van der Waals surface area contributed by atoms with Gasteiger partial charge >= 0.3 is 11.9 Å². The monoisotopic (exact) mass is 572 g/mol. The van der Waals surface area contributed by atoms with Gasteiger partial charge in [-0.1, -0.05) is 11.6 Å². The van der Waals surface area contributed by atoms with Crippen LogP contribution in [-0.4, -0.2) is 64.5 Å². The van der Waals surface area contributed by atoms with Crippen LogP contribution in [0.25, 0.3) is 11.2 Å². The summed E-state index contributed by atoms with van der Waals surface area (Å²) < 4.78 is 29.4. The molecule has 0 amide bonds. The Balaban J connectivity index is 1.36. The molecule has 0 saturated carbocycles. The van der Waals surface area contributed by atoms with Crippen molar-refractivity contribution >= 4 is 46.3 Å². The van der Waals surface area contributed by atoms with Crippen LogP contribution in [0.3, 0.4) is 0 Å².